The van der Waals surface area contributed by atoms with Gasteiger partial charge in [-0.1, -0.05) is 18.2 Å². The fraction of sp³-hybridized carbons (Fsp3) is 0.296. The molecule has 0 fully saturated rings. The highest BCUT2D eigenvalue weighted by Gasteiger charge is 2.34. The highest BCUT2D eigenvalue weighted by molar-refractivity contribution is 5.73. The van der Waals surface area contributed by atoms with Crippen molar-refractivity contribution < 1.29 is 5.11 Å². The third-order valence-corrected chi connectivity index (χ3v) is 6.97. The monoisotopic (exact) mass is 467 g/mol. The van der Waals surface area contributed by atoms with Gasteiger partial charge in [0.05, 0.1) is 18.3 Å². The number of nitrogens with zero attached hydrogens (tertiary/aromatic N) is 6. The van der Waals surface area contributed by atoms with E-state index in [1.807, 2.05) is 35.9 Å². The van der Waals surface area contributed by atoms with Crippen molar-refractivity contribution >= 4 is 23.1 Å². The summed E-state index contributed by atoms with van der Waals surface area (Å²) < 4.78 is 2.05. The lowest BCUT2D eigenvalue weighted by Crippen LogP contribution is -2.35. The van der Waals surface area contributed by atoms with Crippen LogP contribution >= 0.6 is 0 Å². The maximum absolute atomic E-state index is 10.2. The second-order valence-corrected chi connectivity index (χ2v) is 9.34. The third kappa shape index (κ3) is 3.94. The predicted molar refractivity (Wildman–Crippen MR) is 137 cm³/mol. The Labute approximate surface area is 204 Å². The zero-order valence-electron chi connectivity index (χ0n) is 20.0. The molecule has 0 radical (unpaired) electrons. The molecule has 2 aromatic carbocycles. The first-order valence-corrected chi connectivity index (χ1v) is 12.0. The number of aromatic nitrogens is 4. The molecule has 1 atom stereocenters. The van der Waals surface area contributed by atoms with Gasteiger partial charge in [-0.05, 0) is 56.3 Å². The average Bonchev–Trinajstić information content (AvgIpc) is 3.47. The Morgan fingerprint density at radius 2 is 1.91 bits per heavy atom. The molecular formula is C27H29N7O. The minimum absolute atomic E-state index is 0.0378. The van der Waals surface area contributed by atoms with Gasteiger partial charge in [0.1, 0.15) is 11.6 Å². The number of anilines is 4. The van der Waals surface area contributed by atoms with Gasteiger partial charge in [-0.2, -0.15) is 4.98 Å². The van der Waals surface area contributed by atoms with E-state index in [4.69, 9.17) is 9.97 Å². The highest BCUT2D eigenvalue weighted by atomic mass is 16.3. The molecule has 0 aliphatic carbocycles. The minimum atomic E-state index is -0.0378. The van der Waals surface area contributed by atoms with Gasteiger partial charge in [0, 0.05) is 54.5 Å². The number of imidazole rings is 1. The zero-order chi connectivity index (χ0) is 23.9. The maximum Gasteiger partial charge on any atom is 0.229 e. The Morgan fingerprint density at radius 1 is 1.09 bits per heavy atom. The van der Waals surface area contributed by atoms with Crippen LogP contribution in [-0.4, -0.2) is 55.8 Å². The fourth-order valence-electron chi connectivity index (χ4n) is 5.17. The molecule has 2 aliphatic heterocycles. The predicted octanol–water partition coefficient (Wildman–Crippen LogP) is 3.76. The molecule has 0 spiro atoms. The molecule has 2 aromatic heterocycles. The number of nitrogens with one attached hydrogen (secondary N) is 1. The van der Waals surface area contributed by atoms with Crippen LogP contribution in [0.4, 0.5) is 23.1 Å². The second-order valence-electron chi connectivity index (χ2n) is 9.34. The summed E-state index contributed by atoms with van der Waals surface area (Å²) in [5.41, 5.74) is 6.55. The quantitative estimate of drug-likeness (QED) is 0.463. The summed E-state index contributed by atoms with van der Waals surface area (Å²) in [5, 5.41) is 13.7. The van der Waals surface area contributed by atoms with E-state index in [0.29, 0.717) is 5.95 Å². The van der Waals surface area contributed by atoms with Gasteiger partial charge in [0.2, 0.25) is 5.95 Å². The van der Waals surface area contributed by atoms with Gasteiger partial charge < -0.3 is 24.8 Å². The van der Waals surface area contributed by atoms with Crippen molar-refractivity contribution in [3.63, 3.8) is 0 Å². The van der Waals surface area contributed by atoms with Crippen LogP contribution in [0.2, 0.25) is 0 Å². The molecule has 4 aromatic rings. The van der Waals surface area contributed by atoms with Crippen molar-refractivity contribution in [1.29, 1.82) is 0 Å². The van der Waals surface area contributed by atoms with Gasteiger partial charge in [0.25, 0.3) is 0 Å². The number of benzene rings is 2. The van der Waals surface area contributed by atoms with Gasteiger partial charge in [-0.15, -0.1) is 0 Å². The Bertz CT molecular complexity index is 1360. The van der Waals surface area contributed by atoms with Crippen molar-refractivity contribution in [2.24, 2.45) is 0 Å². The molecule has 0 saturated carbocycles. The molecular weight excluding hydrogens is 438 g/mol. The van der Waals surface area contributed by atoms with Crippen LogP contribution in [0.1, 0.15) is 22.6 Å². The van der Waals surface area contributed by atoms with Crippen molar-refractivity contribution in [3.05, 3.63) is 83.6 Å². The standard InChI is InChI=1S/C27H29N7O/c1-18-28-12-14-33(18)21-9-7-20(8-10-21)29-27-30-24-11-13-32(2)16-23(24)26(31-27)34-22(17-35)15-19-5-3-4-6-25(19)34/h3-10,12,14,22,35H,11,13,15-17H2,1-2H3,(H,29,30,31)/t22-/m1/s1. The van der Waals surface area contributed by atoms with Crippen LogP contribution in [0, 0.1) is 6.92 Å². The molecule has 0 amide bonds. The first-order chi connectivity index (χ1) is 17.1. The van der Waals surface area contributed by atoms with E-state index in [9.17, 15) is 5.11 Å². The van der Waals surface area contributed by atoms with Crippen LogP contribution in [0.3, 0.4) is 0 Å². The Morgan fingerprint density at radius 3 is 2.69 bits per heavy atom. The molecule has 35 heavy (non-hydrogen) atoms. The molecule has 6 rings (SSSR count). The number of rotatable bonds is 5. The summed E-state index contributed by atoms with van der Waals surface area (Å²) in [7, 11) is 2.13. The van der Waals surface area contributed by atoms with Crippen LogP contribution in [-0.2, 0) is 19.4 Å². The Hall–Kier alpha value is -3.75. The Balaban J connectivity index is 1.38. The lowest BCUT2D eigenvalue weighted by atomic mass is 10.1. The van der Waals surface area contributed by atoms with Crippen molar-refractivity contribution in [2.75, 3.05) is 30.4 Å². The van der Waals surface area contributed by atoms with Crippen molar-refractivity contribution in [3.8, 4) is 5.69 Å². The van der Waals surface area contributed by atoms with Crippen molar-refractivity contribution in [1.82, 2.24) is 24.4 Å². The number of aliphatic hydroxyl groups is 1. The summed E-state index contributed by atoms with van der Waals surface area (Å²) in [4.78, 5) is 18.8. The van der Waals surface area contributed by atoms with Crippen LogP contribution < -0.4 is 10.2 Å². The van der Waals surface area contributed by atoms with E-state index in [-0.39, 0.29) is 12.6 Å². The minimum Gasteiger partial charge on any atom is -0.394 e. The van der Waals surface area contributed by atoms with Crippen LogP contribution in [0.25, 0.3) is 5.69 Å². The van der Waals surface area contributed by atoms with Crippen LogP contribution in [0.15, 0.2) is 60.9 Å². The molecule has 2 aliphatic rings. The number of aliphatic hydroxyl groups excluding tert-OH is 1. The normalized spacial score (nSPS) is 17.3. The molecule has 4 heterocycles. The van der Waals surface area contributed by atoms with Gasteiger partial charge >= 0.3 is 0 Å². The molecule has 0 unspecified atom stereocenters. The first kappa shape index (κ1) is 21.8. The molecule has 0 saturated heterocycles. The summed E-state index contributed by atoms with van der Waals surface area (Å²) in [6.45, 7) is 3.81. The van der Waals surface area contributed by atoms with E-state index >= 15 is 0 Å². The van der Waals surface area contributed by atoms with E-state index < -0.39 is 0 Å². The fourth-order valence-corrected chi connectivity index (χ4v) is 5.17. The first-order valence-electron chi connectivity index (χ1n) is 12.0. The van der Waals surface area contributed by atoms with Crippen molar-refractivity contribution in [2.45, 2.75) is 32.4 Å². The second kappa shape index (κ2) is 8.79. The number of likely N-dealkylation sites (N-methyl/N-ethyl adjacent to an activating group) is 1. The van der Waals surface area contributed by atoms with Gasteiger partial charge in [-0.25, -0.2) is 9.97 Å². The lowest BCUT2D eigenvalue weighted by Gasteiger charge is -2.32. The van der Waals surface area contributed by atoms with E-state index in [2.05, 4.69) is 57.5 Å². The van der Waals surface area contributed by atoms with E-state index in [0.717, 1.165) is 65.9 Å². The molecule has 2 N–H and O–H groups in total. The number of aryl methyl sites for hydroxylation is 1. The number of hydrogen-bond acceptors (Lipinski definition) is 7. The lowest BCUT2D eigenvalue weighted by molar-refractivity contribution is 0.267. The summed E-state index contributed by atoms with van der Waals surface area (Å²) >= 11 is 0. The SMILES string of the molecule is Cc1nccn1-c1ccc(Nc2nc3c(c(N4c5ccccc5C[C@@H]4CO)n2)CN(C)CC3)cc1. The van der Waals surface area contributed by atoms with E-state index in [1.165, 1.54) is 5.56 Å². The van der Waals surface area contributed by atoms with Gasteiger partial charge in [-0.3, -0.25) is 0 Å². The number of para-hydroxylation sites is 1. The summed E-state index contributed by atoms with van der Waals surface area (Å²) in [6, 6.07) is 16.5. The van der Waals surface area contributed by atoms with Gasteiger partial charge in [0.15, 0.2) is 0 Å². The molecule has 0 bridgehead atoms. The average molecular weight is 468 g/mol. The maximum atomic E-state index is 10.2. The largest absolute Gasteiger partial charge is 0.394 e. The molecule has 8 nitrogen and oxygen atoms in total. The number of hydrogen-bond donors (Lipinski definition) is 2. The zero-order valence-corrected chi connectivity index (χ0v) is 20.0. The molecule has 8 heteroatoms. The smallest absolute Gasteiger partial charge is 0.229 e. The summed E-state index contributed by atoms with van der Waals surface area (Å²) in [6.07, 6.45) is 5.43. The topological polar surface area (TPSA) is 82.3 Å². The van der Waals surface area contributed by atoms with E-state index in [1.54, 1.807) is 6.20 Å². The highest BCUT2D eigenvalue weighted by Crippen LogP contribution is 2.41. The Kier molecular flexibility index (Phi) is 5.47. The third-order valence-electron chi connectivity index (χ3n) is 6.97. The van der Waals surface area contributed by atoms with Crippen LogP contribution in [0.5, 0.6) is 0 Å². The molecule has 178 valence electrons. The number of fused-ring (bicyclic) bond motifs is 2. The summed E-state index contributed by atoms with van der Waals surface area (Å²) in [5.74, 6) is 2.41.